The second kappa shape index (κ2) is 11.2. The van der Waals surface area contributed by atoms with E-state index in [1.54, 1.807) is 24.3 Å². The lowest BCUT2D eigenvalue weighted by molar-refractivity contribution is -0.123. The molecule has 2 aromatic rings. The van der Waals surface area contributed by atoms with Gasteiger partial charge in [-0.05, 0) is 42.7 Å². The summed E-state index contributed by atoms with van der Waals surface area (Å²) in [5.74, 6) is -0.210. The number of nitrogens with one attached hydrogen (secondary N) is 2. The number of carbonyl (C=O) groups is 2. The van der Waals surface area contributed by atoms with Gasteiger partial charge in [-0.1, -0.05) is 50.6 Å². The van der Waals surface area contributed by atoms with E-state index in [1.807, 2.05) is 45.0 Å². The molecule has 6 nitrogen and oxygen atoms in total. The number of halogens is 1. The van der Waals surface area contributed by atoms with Crippen LogP contribution in [0.1, 0.15) is 43.1 Å². The average molecular weight is 416 g/mol. The van der Waals surface area contributed by atoms with Crippen molar-refractivity contribution in [2.75, 3.05) is 6.61 Å². The lowest BCUT2D eigenvalue weighted by Crippen LogP contribution is -2.48. The Morgan fingerprint density at radius 1 is 1.17 bits per heavy atom. The van der Waals surface area contributed by atoms with Crippen LogP contribution in [0.25, 0.3) is 0 Å². The quantitative estimate of drug-likeness (QED) is 0.479. The molecule has 0 aliphatic carbocycles. The Kier molecular flexibility index (Phi) is 8.68. The van der Waals surface area contributed by atoms with Crippen molar-refractivity contribution in [2.45, 2.75) is 33.2 Å². The van der Waals surface area contributed by atoms with Crippen LogP contribution in [0.3, 0.4) is 0 Å². The molecule has 0 aromatic heterocycles. The van der Waals surface area contributed by atoms with Gasteiger partial charge in [-0.15, -0.1) is 0 Å². The van der Waals surface area contributed by atoms with Crippen molar-refractivity contribution >= 4 is 29.6 Å². The number of ether oxygens (including phenoxy) is 1. The van der Waals surface area contributed by atoms with E-state index in [-0.39, 0.29) is 11.8 Å². The molecule has 0 fully saturated rings. The first-order valence-corrected chi connectivity index (χ1v) is 9.91. The first-order valence-electron chi connectivity index (χ1n) is 9.53. The van der Waals surface area contributed by atoms with E-state index in [2.05, 4.69) is 15.8 Å². The molecule has 0 aliphatic heterocycles. The highest BCUT2D eigenvalue weighted by Crippen LogP contribution is 2.16. The molecule has 2 amide bonds. The average Bonchev–Trinajstić information content (AvgIpc) is 2.70. The summed E-state index contributed by atoms with van der Waals surface area (Å²) in [5.41, 5.74) is 3.64. The zero-order chi connectivity index (χ0) is 21.2. The zero-order valence-corrected chi connectivity index (χ0v) is 17.6. The topological polar surface area (TPSA) is 79.8 Å². The molecule has 0 aliphatic rings. The van der Waals surface area contributed by atoms with Crippen LogP contribution in [0.2, 0.25) is 5.02 Å². The molecule has 29 heavy (non-hydrogen) atoms. The Morgan fingerprint density at radius 3 is 2.62 bits per heavy atom. The first kappa shape index (κ1) is 22.4. The van der Waals surface area contributed by atoms with Gasteiger partial charge in [0.25, 0.3) is 11.8 Å². The molecule has 154 valence electrons. The van der Waals surface area contributed by atoms with Crippen LogP contribution in [0.4, 0.5) is 0 Å². The number of para-hydroxylation sites is 1. The fourth-order valence-electron chi connectivity index (χ4n) is 2.55. The highest BCUT2D eigenvalue weighted by molar-refractivity contribution is 6.31. The van der Waals surface area contributed by atoms with Gasteiger partial charge in [0, 0.05) is 16.1 Å². The normalized spacial score (nSPS) is 12.0. The summed E-state index contributed by atoms with van der Waals surface area (Å²) in [5, 5.41) is 7.23. The second-order valence-corrected chi connectivity index (χ2v) is 7.26. The number of carbonyl (C=O) groups excluding carboxylic acids is 2. The number of hydrazone groups is 1. The van der Waals surface area contributed by atoms with Crippen LogP contribution in [0.15, 0.2) is 53.6 Å². The predicted octanol–water partition coefficient (Wildman–Crippen LogP) is 4.03. The summed E-state index contributed by atoms with van der Waals surface area (Å²) in [7, 11) is 0. The number of benzene rings is 2. The Bertz CT molecular complexity index is 868. The van der Waals surface area contributed by atoms with E-state index in [1.165, 1.54) is 6.21 Å². The molecule has 7 heteroatoms. The smallest absolute Gasteiger partial charge is 0.262 e. The molecule has 2 aromatic carbocycles. The number of amides is 2. The Morgan fingerprint density at radius 2 is 1.93 bits per heavy atom. The minimum Gasteiger partial charge on any atom is -0.493 e. The third-order valence-corrected chi connectivity index (χ3v) is 4.32. The molecule has 0 saturated heterocycles. The van der Waals surface area contributed by atoms with Gasteiger partial charge in [-0.25, -0.2) is 5.43 Å². The van der Waals surface area contributed by atoms with Crippen LogP contribution in [0.5, 0.6) is 5.75 Å². The lowest BCUT2D eigenvalue weighted by Gasteiger charge is -2.20. The molecule has 1 unspecified atom stereocenters. The first-order chi connectivity index (χ1) is 13.9. The summed E-state index contributed by atoms with van der Waals surface area (Å²) in [4.78, 5) is 25.0. The highest BCUT2D eigenvalue weighted by atomic mass is 35.5. The van der Waals surface area contributed by atoms with Crippen molar-refractivity contribution in [3.05, 3.63) is 64.7 Å². The number of hydrogen-bond acceptors (Lipinski definition) is 4. The van der Waals surface area contributed by atoms with E-state index >= 15 is 0 Å². The molecule has 2 rings (SSSR count). The highest BCUT2D eigenvalue weighted by Gasteiger charge is 2.24. The largest absolute Gasteiger partial charge is 0.493 e. The van der Waals surface area contributed by atoms with E-state index in [4.69, 9.17) is 16.3 Å². The van der Waals surface area contributed by atoms with Crippen molar-refractivity contribution in [3.63, 3.8) is 0 Å². The zero-order valence-electron chi connectivity index (χ0n) is 16.8. The van der Waals surface area contributed by atoms with Gasteiger partial charge in [0.1, 0.15) is 11.8 Å². The van der Waals surface area contributed by atoms with Crippen molar-refractivity contribution in [1.82, 2.24) is 10.7 Å². The van der Waals surface area contributed by atoms with Gasteiger partial charge in [0.05, 0.1) is 12.8 Å². The third kappa shape index (κ3) is 6.91. The van der Waals surface area contributed by atoms with Gasteiger partial charge < -0.3 is 10.1 Å². The summed E-state index contributed by atoms with van der Waals surface area (Å²) in [6, 6.07) is 13.3. The monoisotopic (exact) mass is 415 g/mol. The minimum absolute atomic E-state index is 0.131. The van der Waals surface area contributed by atoms with Gasteiger partial charge in [-0.2, -0.15) is 5.10 Å². The standard InChI is InChI=1S/C22H26ClN3O3/c1-4-12-29-19-11-6-5-8-17(19)14-24-26-22(28)20(15(2)3)25-21(27)16-9-7-10-18(23)13-16/h5-11,13-15,20H,4,12H2,1-3H3,(H,25,27)(H,26,28)/b24-14-. The molecule has 0 radical (unpaired) electrons. The predicted molar refractivity (Wildman–Crippen MR) is 116 cm³/mol. The van der Waals surface area contributed by atoms with Crippen molar-refractivity contribution in [2.24, 2.45) is 11.0 Å². The summed E-state index contributed by atoms with van der Waals surface area (Å²) >= 11 is 5.93. The Hall–Kier alpha value is -2.86. The molecular weight excluding hydrogens is 390 g/mol. The molecule has 0 heterocycles. The summed E-state index contributed by atoms with van der Waals surface area (Å²) < 4.78 is 5.67. The second-order valence-electron chi connectivity index (χ2n) is 6.83. The maximum Gasteiger partial charge on any atom is 0.262 e. The van der Waals surface area contributed by atoms with Gasteiger partial charge in [-0.3, -0.25) is 9.59 Å². The van der Waals surface area contributed by atoms with Gasteiger partial charge >= 0.3 is 0 Å². The third-order valence-electron chi connectivity index (χ3n) is 4.08. The molecule has 2 N–H and O–H groups in total. The number of hydrogen-bond donors (Lipinski definition) is 2. The van der Waals surface area contributed by atoms with Crippen LogP contribution >= 0.6 is 11.6 Å². The fourth-order valence-corrected chi connectivity index (χ4v) is 2.75. The minimum atomic E-state index is -0.745. The van der Waals surface area contributed by atoms with Crippen LogP contribution in [-0.4, -0.2) is 30.7 Å². The van der Waals surface area contributed by atoms with E-state index in [0.717, 1.165) is 12.0 Å². The van der Waals surface area contributed by atoms with Crippen LogP contribution < -0.4 is 15.5 Å². The van der Waals surface area contributed by atoms with Gasteiger partial charge in [0.2, 0.25) is 0 Å². The number of rotatable bonds is 9. The van der Waals surface area contributed by atoms with Crippen LogP contribution in [0, 0.1) is 5.92 Å². The fraction of sp³-hybridized carbons (Fsp3) is 0.318. The molecule has 0 spiro atoms. The van der Waals surface area contributed by atoms with Crippen LogP contribution in [-0.2, 0) is 4.79 Å². The van der Waals surface area contributed by atoms with Crippen molar-refractivity contribution in [3.8, 4) is 5.75 Å². The molecule has 1 atom stereocenters. The molecule has 0 bridgehead atoms. The SMILES string of the molecule is CCCOc1ccccc1/C=N\NC(=O)C(NC(=O)c1cccc(Cl)c1)C(C)C. The van der Waals surface area contributed by atoms with Crippen molar-refractivity contribution in [1.29, 1.82) is 0 Å². The summed E-state index contributed by atoms with van der Waals surface area (Å²) in [6.07, 6.45) is 2.42. The Labute approximate surface area is 176 Å². The summed E-state index contributed by atoms with van der Waals surface area (Å²) in [6.45, 7) is 6.32. The van der Waals surface area contributed by atoms with E-state index in [9.17, 15) is 9.59 Å². The maximum atomic E-state index is 12.6. The Balaban J connectivity index is 2.03. The number of nitrogens with zero attached hydrogens (tertiary/aromatic N) is 1. The van der Waals surface area contributed by atoms with E-state index in [0.29, 0.717) is 22.9 Å². The van der Waals surface area contributed by atoms with E-state index < -0.39 is 11.9 Å². The maximum absolute atomic E-state index is 12.6. The van der Waals surface area contributed by atoms with Crippen molar-refractivity contribution < 1.29 is 14.3 Å². The molecule has 0 saturated carbocycles. The lowest BCUT2D eigenvalue weighted by atomic mass is 10.0. The molecular formula is C22H26ClN3O3. The van der Waals surface area contributed by atoms with Gasteiger partial charge in [0.15, 0.2) is 0 Å².